The van der Waals surface area contributed by atoms with E-state index in [1.807, 2.05) is 0 Å². The number of rotatable bonds is 8. The first kappa shape index (κ1) is 24.5. The minimum atomic E-state index is -1.34. The van der Waals surface area contributed by atoms with Crippen LogP contribution in [0.2, 0.25) is 0 Å². The zero-order chi connectivity index (χ0) is 24.9. The van der Waals surface area contributed by atoms with E-state index in [0.29, 0.717) is 37.7 Å². The fraction of sp³-hybridized carbons (Fsp3) is 0.125. The Morgan fingerprint density at radius 3 is 2.49 bits per heavy atom. The number of halogens is 1. The highest BCUT2D eigenvalue weighted by Crippen LogP contribution is 2.36. The lowest BCUT2D eigenvalue weighted by atomic mass is 10.1. The molecule has 2 atom stereocenters. The number of anilines is 1. The van der Waals surface area contributed by atoms with Crippen LogP contribution in [0.4, 0.5) is 10.1 Å². The Labute approximate surface area is 207 Å². The minimum Gasteiger partial charge on any atom is -0.457 e. The molecule has 2 heterocycles. The van der Waals surface area contributed by atoms with Crippen LogP contribution in [0, 0.1) is 5.82 Å². The van der Waals surface area contributed by atoms with Crippen molar-refractivity contribution in [2.45, 2.75) is 10.6 Å². The number of hydrogen-bond donors (Lipinski definition) is 3. The summed E-state index contributed by atoms with van der Waals surface area (Å²) in [5, 5.41) is 16.3. The molecule has 3 N–H and O–H groups in total. The Balaban J connectivity index is 1.51. The molecule has 1 amide bonds. The Bertz CT molecular complexity index is 1360. The number of carbonyl (C=O) groups excluding carboxylic acids is 1. The number of nitrogens with zero attached hydrogens (tertiary/aromatic N) is 2. The van der Waals surface area contributed by atoms with Gasteiger partial charge in [0.05, 0.1) is 15.7 Å². The van der Waals surface area contributed by atoms with Gasteiger partial charge in [0.15, 0.2) is 10.6 Å². The number of pyridine rings is 1. The zero-order valence-electron chi connectivity index (χ0n) is 18.7. The van der Waals surface area contributed by atoms with E-state index in [0.717, 1.165) is 0 Å². The molecule has 0 bridgehead atoms. The summed E-state index contributed by atoms with van der Waals surface area (Å²) in [5.41, 5.74) is 1.78. The summed E-state index contributed by atoms with van der Waals surface area (Å²) in [7, 11) is 0.183. The van der Waals surface area contributed by atoms with Crippen molar-refractivity contribution in [1.29, 1.82) is 0 Å². The molecule has 11 heteroatoms. The normalized spacial score (nSPS) is 12.6. The number of amides is 1. The van der Waals surface area contributed by atoms with Crippen LogP contribution in [0.5, 0.6) is 11.5 Å². The van der Waals surface area contributed by atoms with Gasteiger partial charge in [-0.3, -0.25) is 14.0 Å². The molecule has 4 aromatic rings. The third-order valence-electron chi connectivity index (χ3n) is 4.83. The van der Waals surface area contributed by atoms with Gasteiger partial charge in [0.1, 0.15) is 28.7 Å². The fourth-order valence-electron chi connectivity index (χ4n) is 3.14. The van der Waals surface area contributed by atoms with Gasteiger partial charge in [-0.15, -0.1) is 11.3 Å². The first-order valence-corrected chi connectivity index (χ1v) is 12.7. The molecule has 2 aromatic carbocycles. The second-order valence-electron chi connectivity index (χ2n) is 7.28. The van der Waals surface area contributed by atoms with Crippen LogP contribution in [-0.2, 0) is 10.8 Å². The number of nitrogens with one attached hydrogen (secondary N) is 2. The van der Waals surface area contributed by atoms with Gasteiger partial charge in [0, 0.05) is 31.3 Å². The molecule has 0 aliphatic carbocycles. The summed E-state index contributed by atoms with van der Waals surface area (Å²) in [4.78, 5) is 20.7. The molecule has 0 spiro atoms. The molecule has 0 aliphatic rings. The molecule has 0 aliphatic heterocycles. The van der Waals surface area contributed by atoms with Crippen molar-refractivity contribution in [3.05, 3.63) is 84.1 Å². The highest BCUT2D eigenvalue weighted by atomic mass is 32.2. The number of aromatic nitrogens is 2. The van der Waals surface area contributed by atoms with Crippen LogP contribution in [0.25, 0.3) is 10.4 Å². The van der Waals surface area contributed by atoms with Crippen molar-refractivity contribution >= 4 is 33.7 Å². The van der Waals surface area contributed by atoms with Gasteiger partial charge in [-0.25, -0.2) is 9.37 Å². The average Bonchev–Trinajstić information content (AvgIpc) is 3.31. The quantitative estimate of drug-likeness (QED) is 0.301. The fourth-order valence-corrected chi connectivity index (χ4v) is 4.92. The Kier molecular flexibility index (Phi) is 7.49. The first-order chi connectivity index (χ1) is 16.8. The summed E-state index contributed by atoms with van der Waals surface area (Å²) in [6, 6.07) is 15.8. The third kappa shape index (κ3) is 5.88. The highest BCUT2D eigenvalue weighted by Gasteiger charge is 2.21. The van der Waals surface area contributed by atoms with Gasteiger partial charge >= 0.3 is 0 Å². The van der Waals surface area contributed by atoms with Gasteiger partial charge in [-0.1, -0.05) is 12.1 Å². The van der Waals surface area contributed by atoms with Crippen LogP contribution in [0.1, 0.15) is 22.4 Å². The molecule has 8 nitrogen and oxygen atoms in total. The molecule has 35 heavy (non-hydrogen) atoms. The van der Waals surface area contributed by atoms with E-state index >= 15 is 0 Å². The molecule has 0 fully saturated rings. The van der Waals surface area contributed by atoms with Crippen LogP contribution in [0.15, 0.2) is 71.2 Å². The lowest BCUT2D eigenvalue weighted by molar-refractivity contribution is 0.0958. The average molecular weight is 513 g/mol. The minimum absolute atomic E-state index is 0.235. The Morgan fingerprint density at radius 1 is 1.11 bits per heavy atom. The van der Waals surface area contributed by atoms with E-state index < -0.39 is 17.0 Å². The number of carbonyl (C=O) groups is 1. The van der Waals surface area contributed by atoms with Crippen molar-refractivity contribution < 1.29 is 23.2 Å². The Morgan fingerprint density at radius 2 is 1.83 bits per heavy atom. The maximum absolute atomic E-state index is 13.4. The molecule has 2 aromatic heterocycles. The molecule has 2 unspecified atom stereocenters. The van der Waals surface area contributed by atoms with E-state index in [2.05, 4.69) is 20.6 Å². The molecule has 0 saturated carbocycles. The van der Waals surface area contributed by atoms with Gasteiger partial charge in [0.25, 0.3) is 5.91 Å². The number of ether oxygens (including phenoxy) is 1. The van der Waals surface area contributed by atoms with Gasteiger partial charge in [-0.05, 0) is 48.0 Å². The van der Waals surface area contributed by atoms with E-state index in [1.165, 1.54) is 49.0 Å². The summed E-state index contributed by atoms with van der Waals surface area (Å²) in [5.74, 6) is 0.270. The lowest BCUT2D eigenvalue weighted by Crippen LogP contribution is -2.18. The second-order valence-corrected chi connectivity index (χ2v) is 9.84. The Hall–Kier alpha value is -3.67. The summed E-state index contributed by atoms with van der Waals surface area (Å²) in [6.45, 7) is 0. The van der Waals surface area contributed by atoms with Crippen LogP contribution in [0.3, 0.4) is 0 Å². The molecule has 4 rings (SSSR count). The number of hydrogen-bond acceptors (Lipinski definition) is 8. The van der Waals surface area contributed by atoms with E-state index in [-0.39, 0.29) is 17.4 Å². The van der Waals surface area contributed by atoms with Crippen molar-refractivity contribution in [3.8, 4) is 21.9 Å². The zero-order valence-corrected chi connectivity index (χ0v) is 20.3. The summed E-state index contributed by atoms with van der Waals surface area (Å²) in [6.07, 6.45) is 1.79. The maximum Gasteiger partial charge on any atom is 0.269 e. The van der Waals surface area contributed by atoms with E-state index in [9.17, 15) is 18.5 Å². The second kappa shape index (κ2) is 10.7. The molecular formula is C24H21FN4O4S2. The first-order valence-electron chi connectivity index (χ1n) is 10.3. The monoisotopic (exact) mass is 512 g/mol. The molecular weight excluding hydrogens is 491 g/mol. The van der Waals surface area contributed by atoms with Crippen molar-refractivity contribution in [2.75, 3.05) is 18.6 Å². The van der Waals surface area contributed by atoms with Crippen LogP contribution in [-0.4, -0.2) is 38.5 Å². The van der Waals surface area contributed by atoms with Crippen molar-refractivity contribution in [2.24, 2.45) is 0 Å². The number of benzene rings is 2. The van der Waals surface area contributed by atoms with Crippen molar-refractivity contribution in [1.82, 2.24) is 15.3 Å². The standard InChI is InChI=1S/C24H21FN4O4S2/c1-26-22(30)19-13-18(11-12-27-19)33-17-9-7-16(8-10-17)28-23(31)20-21(34-24(29-20)35(2)32)14-3-5-15(25)6-4-14/h3-13,23,28,31H,1-2H3,(H,26,30). The lowest BCUT2D eigenvalue weighted by Gasteiger charge is -2.15. The third-order valence-corrected chi connectivity index (χ3v) is 7.28. The van der Waals surface area contributed by atoms with Crippen molar-refractivity contribution in [3.63, 3.8) is 0 Å². The predicted octanol–water partition coefficient (Wildman–Crippen LogP) is 4.34. The number of aliphatic hydroxyl groups is 1. The smallest absolute Gasteiger partial charge is 0.269 e. The molecule has 0 saturated heterocycles. The molecule has 0 radical (unpaired) electrons. The largest absolute Gasteiger partial charge is 0.457 e. The number of thiazole rings is 1. The van der Waals surface area contributed by atoms with Crippen LogP contribution < -0.4 is 15.4 Å². The predicted molar refractivity (Wildman–Crippen MR) is 133 cm³/mol. The van der Waals surface area contributed by atoms with Gasteiger partial charge in [-0.2, -0.15) is 0 Å². The molecule has 180 valence electrons. The maximum atomic E-state index is 13.4. The van der Waals surface area contributed by atoms with E-state index in [1.54, 1.807) is 42.5 Å². The SMILES string of the molecule is CNC(=O)c1cc(Oc2ccc(NC(O)c3nc(S(C)=O)sc3-c3ccc(F)cc3)cc2)ccn1. The van der Waals surface area contributed by atoms with E-state index in [4.69, 9.17) is 4.74 Å². The number of aliphatic hydroxyl groups excluding tert-OH is 1. The highest BCUT2D eigenvalue weighted by molar-refractivity contribution is 7.86. The van der Waals surface area contributed by atoms with Gasteiger partial charge < -0.3 is 20.5 Å². The summed E-state index contributed by atoms with van der Waals surface area (Å²) < 4.78 is 31.5. The van der Waals surface area contributed by atoms with Gasteiger partial charge in [0.2, 0.25) is 0 Å². The van der Waals surface area contributed by atoms with Crippen LogP contribution >= 0.6 is 11.3 Å². The summed E-state index contributed by atoms with van der Waals surface area (Å²) >= 11 is 1.19. The topological polar surface area (TPSA) is 113 Å².